The molecule has 0 aromatic rings. The molecule has 0 aliphatic heterocycles. The maximum Gasteiger partial charge on any atom is 0.275 e. The second kappa shape index (κ2) is 5.78. The smallest absolute Gasteiger partial charge is 0.275 e. The van der Waals surface area contributed by atoms with Crippen LogP contribution in [-0.4, -0.2) is 68.6 Å². The Hall–Kier alpha value is -0.860. The van der Waals surface area contributed by atoms with Gasteiger partial charge in [0.2, 0.25) is 5.78 Å². The van der Waals surface area contributed by atoms with Gasteiger partial charge >= 0.3 is 0 Å². The Morgan fingerprint density at radius 1 is 1.14 bits per heavy atom. The van der Waals surface area contributed by atoms with Crippen molar-refractivity contribution in [3.63, 3.8) is 0 Å². The lowest BCUT2D eigenvalue weighted by atomic mass is 10.0. The number of rotatable bonds is 6. The largest absolute Gasteiger partial charge is 0.394 e. The number of ketones is 1. The molecule has 5 N–H and O–H groups in total. The van der Waals surface area contributed by atoms with Crippen LogP contribution in [0.2, 0.25) is 0 Å². The van der Waals surface area contributed by atoms with Crippen molar-refractivity contribution >= 4 is 12.1 Å². The predicted octanol–water partition coefficient (Wildman–Crippen LogP) is -3.90. The summed E-state index contributed by atoms with van der Waals surface area (Å²) >= 11 is 0. The molecular weight excluding hydrogens is 196 g/mol. The first-order valence-corrected chi connectivity index (χ1v) is 3.70. The Morgan fingerprint density at radius 2 is 1.64 bits per heavy atom. The highest BCUT2D eigenvalue weighted by molar-refractivity contribution is 6.27. The standard InChI is InChI=1S/C7H11O7/c8-1-3(10)5(12)7(14)6(13)4(11)2-9/h3,5-8,10,12-14H,1H2/t3-,5-,6+,7+/m1/s1. The molecule has 0 aromatic heterocycles. The van der Waals surface area contributed by atoms with Crippen LogP contribution in [0.1, 0.15) is 0 Å². The lowest BCUT2D eigenvalue weighted by Gasteiger charge is -2.23. The van der Waals surface area contributed by atoms with Crippen molar-refractivity contribution in [1.82, 2.24) is 0 Å². The third-order valence-electron chi connectivity index (χ3n) is 1.62. The van der Waals surface area contributed by atoms with E-state index in [-0.39, 0.29) is 0 Å². The van der Waals surface area contributed by atoms with E-state index in [4.69, 9.17) is 25.5 Å². The average Bonchev–Trinajstić information content (AvgIpc) is 2.23. The van der Waals surface area contributed by atoms with E-state index in [1.807, 2.05) is 0 Å². The number of Topliss-reactive ketones (excluding diaryl/α,β-unsaturated/α-hetero) is 1. The maximum atomic E-state index is 10.5. The highest BCUT2D eigenvalue weighted by Crippen LogP contribution is 2.05. The molecule has 0 rings (SSSR count). The highest BCUT2D eigenvalue weighted by Gasteiger charge is 2.33. The van der Waals surface area contributed by atoms with Gasteiger partial charge in [-0.15, -0.1) is 0 Å². The van der Waals surface area contributed by atoms with Gasteiger partial charge in [0.15, 0.2) is 0 Å². The van der Waals surface area contributed by atoms with E-state index in [2.05, 4.69) is 0 Å². The van der Waals surface area contributed by atoms with E-state index in [1.54, 1.807) is 0 Å². The Morgan fingerprint density at radius 3 is 2.00 bits per heavy atom. The van der Waals surface area contributed by atoms with Crippen molar-refractivity contribution < 1.29 is 35.1 Å². The van der Waals surface area contributed by atoms with E-state index in [0.717, 1.165) is 6.29 Å². The minimum atomic E-state index is -2.16. The Balaban J connectivity index is 4.37. The zero-order chi connectivity index (χ0) is 11.3. The van der Waals surface area contributed by atoms with Gasteiger partial charge < -0.3 is 25.5 Å². The second-order valence-corrected chi connectivity index (χ2v) is 2.64. The zero-order valence-electron chi connectivity index (χ0n) is 7.07. The molecular formula is C7H11O7. The van der Waals surface area contributed by atoms with Crippen molar-refractivity contribution in [1.29, 1.82) is 0 Å². The summed E-state index contributed by atoms with van der Waals surface area (Å²) in [7, 11) is 0. The first-order valence-electron chi connectivity index (χ1n) is 3.70. The Kier molecular flexibility index (Phi) is 5.43. The summed E-state index contributed by atoms with van der Waals surface area (Å²) in [5, 5.41) is 44.1. The van der Waals surface area contributed by atoms with Gasteiger partial charge in [0.1, 0.15) is 24.4 Å². The van der Waals surface area contributed by atoms with Crippen LogP contribution in [0.4, 0.5) is 0 Å². The summed E-state index contributed by atoms with van der Waals surface area (Å²) in [6.45, 7) is -0.857. The summed E-state index contributed by atoms with van der Waals surface area (Å²) < 4.78 is 0. The predicted molar refractivity (Wildman–Crippen MR) is 41.8 cm³/mol. The van der Waals surface area contributed by atoms with Crippen molar-refractivity contribution in [3.8, 4) is 0 Å². The number of carbonyl (C=O) groups is 1. The quantitative estimate of drug-likeness (QED) is 0.281. The molecule has 0 spiro atoms. The van der Waals surface area contributed by atoms with Gasteiger partial charge in [-0.05, 0) is 0 Å². The van der Waals surface area contributed by atoms with Crippen LogP contribution in [0.3, 0.4) is 0 Å². The molecule has 0 saturated heterocycles. The molecule has 0 unspecified atom stereocenters. The van der Waals surface area contributed by atoms with Gasteiger partial charge in [0.25, 0.3) is 6.29 Å². The van der Waals surface area contributed by atoms with Gasteiger partial charge in [0.05, 0.1) is 6.61 Å². The monoisotopic (exact) mass is 207 g/mol. The minimum Gasteiger partial charge on any atom is -0.394 e. The van der Waals surface area contributed by atoms with Gasteiger partial charge in [-0.1, -0.05) is 0 Å². The normalized spacial score (nSPS) is 19.5. The van der Waals surface area contributed by atoms with Crippen LogP contribution >= 0.6 is 0 Å². The molecule has 0 bridgehead atoms. The topological polar surface area (TPSA) is 135 Å². The summed E-state index contributed by atoms with van der Waals surface area (Å²) in [5.41, 5.74) is 0. The van der Waals surface area contributed by atoms with Gasteiger partial charge in [-0.3, -0.25) is 9.59 Å². The molecule has 0 aliphatic rings. The summed E-state index contributed by atoms with van der Waals surface area (Å²) in [5.74, 6) is -1.44. The lowest BCUT2D eigenvalue weighted by Crippen LogP contribution is -2.48. The van der Waals surface area contributed by atoms with Crippen LogP contribution in [0, 0.1) is 0 Å². The molecule has 7 heteroatoms. The molecule has 1 radical (unpaired) electrons. The zero-order valence-corrected chi connectivity index (χ0v) is 7.07. The van der Waals surface area contributed by atoms with E-state index < -0.39 is 36.8 Å². The number of hydrogen-bond acceptors (Lipinski definition) is 7. The van der Waals surface area contributed by atoms with E-state index in [9.17, 15) is 9.59 Å². The fourth-order valence-electron chi connectivity index (χ4n) is 0.738. The number of carbonyl (C=O) groups excluding carboxylic acids is 2. The third kappa shape index (κ3) is 3.13. The van der Waals surface area contributed by atoms with Crippen LogP contribution in [0.15, 0.2) is 0 Å². The summed E-state index contributed by atoms with van der Waals surface area (Å²) in [4.78, 5) is 20.3. The molecule has 4 atom stereocenters. The van der Waals surface area contributed by atoms with Crippen LogP contribution in [-0.2, 0) is 9.59 Å². The van der Waals surface area contributed by atoms with Gasteiger partial charge in [-0.2, -0.15) is 0 Å². The fourth-order valence-corrected chi connectivity index (χ4v) is 0.738. The Bertz CT molecular complexity index is 204. The number of aliphatic hydroxyl groups excluding tert-OH is 5. The SMILES string of the molecule is O=[C]C(=O)[C@H](O)[C@@H](O)[C@H](O)[C@H](O)CO. The van der Waals surface area contributed by atoms with Crippen molar-refractivity contribution in [2.24, 2.45) is 0 Å². The minimum absolute atomic E-state index is 0.803. The number of aliphatic hydroxyl groups is 5. The molecule has 7 nitrogen and oxygen atoms in total. The fraction of sp³-hybridized carbons (Fsp3) is 0.714. The number of hydrogen-bond donors (Lipinski definition) is 5. The first kappa shape index (κ1) is 13.1. The molecule has 0 amide bonds. The highest BCUT2D eigenvalue weighted by atomic mass is 16.4. The molecule has 0 aromatic carbocycles. The first-order chi connectivity index (χ1) is 6.45. The van der Waals surface area contributed by atoms with Gasteiger partial charge in [0, 0.05) is 0 Å². The molecule has 81 valence electrons. The average molecular weight is 207 g/mol. The van der Waals surface area contributed by atoms with Crippen LogP contribution < -0.4 is 0 Å². The lowest BCUT2D eigenvalue weighted by molar-refractivity contribution is -0.141. The third-order valence-corrected chi connectivity index (χ3v) is 1.62. The van der Waals surface area contributed by atoms with E-state index >= 15 is 0 Å². The second-order valence-electron chi connectivity index (χ2n) is 2.64. The van der Waals surface area contributed by atoms with Crippen molar-refractivity contribution in [2.45, 2.75) is 24.4 Å². The molecule has 0 fully saturated rings. The molecule has 0 aliphatic carbocycles. The maximum absolute atomic E-state index is 10.5. The molecule has 0 saturated carbocycles. The summed E-state index contributed by atoms with van der Waals surface area (Å²) in [6, 6.07) is 0. The van der Waals surface area contributed by atoms with Crippen molar-refractivity contribution in [2.75, 3.05) is 6.61 Å². The van der Waals surface area contributed by atoms with Gasteiger partial charge in [-0.25, -0.2) is 0 Å². The molecule has 0 heterocycles. The van der Waals surface area contributed by atoms with E-state index in [0.29, 0.717) is 0 Å². The van der Waals surface area contributed by atoms with Crippen molar-refractivity contribution in [3.05, 3.63) is 0 Å². The Labute approximate surface area is 79.2 Å². The molecule has 14 heavy (non-hydrogen) atoms. The summed E-state index contributed by atoms with van der Waals surface area (Å²) in [6.07, 6.45) is -7.04. The van der Waals surface area contributed by atoms with E-state index in [1.165, 1.54) is 0 Å². The van der Waals surface area contributed by atoms with Crippen LogP contribution in [0.25, 0.3) is 0 Å². The van der Waals surface area contributed by atoms with Crippen LogP contribution in [0.5, 0.6) is 0 Å².